The second-order valence-corrected chi connectivity index (χ2v) is 4.36. The largest absolute Gasteiger partial charge is 0.462 e. The molecule has 0 unspecified atom stereocenters. The first-order valence-electron chi connectivity index (χ1n) is 6.59. The molecule has 0 aliphatic heterocycles. The molecule has 0 saturated heterocycles. The summed E-state index contributed by atoms with van der Waals surface area (Å²) in [5.74, 6) is -0.291. The quantitative estimate of drug-likeness (QED) is 0.637. The summed E-state index contributed by atoms with van der Waals surface area (Å²) < 4.78 is 6.93. The maximum atomic E-state index is 11.6. The third-order valence-corrected chi connectivity index (χ3v) is 2.98. The van der Waals surface area contributed by atoms with Crippen molar-refractivity contribution >= 4 is 16.9 Å². The number of benzene rings is 1. The van der Waals surface area contributed by atoms with Crippen molar-refractivity contribution in [3.8, 4) is 0 Å². The molecular weight excluding hydrogens is 242 g/mol. The Morgan fingerprint density at radius 2 is 2.26 bits per heavy atom. The number of aryl methyl sites for hydroxylation is 1. The standard InChI is InChI=1S/C14H19N3O2/c1-2-19-14(18)11-5-6-13-12(9-11)10-16-17(13)8-4-3-7-15/h5-6,9-10H,2-4,7-8,15H2,1H3. The molecule has 0 radical (unpaired) electrons. The minimum atomic E-state index is -0.291. The van der Waals surface area contributed by atoms with Crippen LogP contribution in [-0.4, -0.2) is 28.9 Å². The highest BCUT2D eigenvalue weighted by molar-refractivity contribution is 5.94. The summed E-state index contributed by atoms with van der Waals surface area (Å²) in [5.41, 5.74) is 7.08. The zero-order chi connectivity index (χ0) is 13.7. The molecule has 2 N–H and O–H groups in total. The first-order valence-corrected chi connectivity index (χ1v) is 6.59. The van der Waals surface area contributed by atoms with Crippen LogP contribution >= 0.6 is 0 Å². The minimum Gasteiger partial charge on any atom is -0.462 e. The molecule has 0 aliphatic rings. The molecule has 2 aromatic rings. The third-order valence-electron chi connectivity index (χ3n) is 2.98. The van der Waals surface area contributed by atoms with Gasteiger partial charge < -0.3 is 10.5 Å². The van der Waals surface area contributed by atoms with Crippen LogP contribution in [0.5, 0.6) is 0 Å². The van der Waals surface area contributed by atoms with Crippen molar-refractivity contribution in [3.63, 3.8) is 0 Å². The molecule has 1 heterocycles. The Bertz CT molecular complexity index is 563. The van der Waals surface area contributed by atoms with E-state index in [-0.39, 0.29) is 5.97 Å². The van der Waals surface area contributed by atoms with Crippen LogP contribution in [0.25, 0.3) is 10.9 Å². The molecule has 0 atom stereocenters. The Labute approximate surface area is 112 Å². The van der Waals surface area contributed by atoms with Crippen molar-refractivity contribution in [1.82, 2.24) is 9.78 Å². The minimum absolute atomic E-state index is 0.291. The van der Waals surface area contributed by atoms with Gasteiger partial charge in [-0.1, -0.05) is 0 Å². The van der Waals surface area contributed by atoms with Crippen LogP contribution in [0.3, 0.4) is 0 Å². The van der Waals surface area contributed by atoms with E-state index in [0.29, 0.717) is 18.7 Å². The lowest BCUT2D eigenvalue weighted by Crippen LogP contribution is -2.05. The molecule has 0 amide bonds. The number of carbonyl (C=O) groups excluding carboxylic acids is 1. The fourth-order valence-corrected chi connectivity index (χ4v) is 2.01. The first kappa shape index (κ1) is 13.5. The van der Waals surface area contributed by atoms with Gasteiger partial charge in [-0.15, -0.1) is 0 Å². The maximum absolute atomic E-state index is 11.6. The van der Waals surface area contributed by atoms with Gasteiger partial charge >= 0.3 is 5.97 Å². The third kappa shape index (κ3) is 3.12. The van der Waals surface area contributed by atoms with E-state index in [1.807, 2.05) is 16.8 Å². The van der Waals surface area contributed by atoms with Gasteiger partial charge in [0.15, 0.2) is 0 Å². The van der Waals surface area contributed by atoms with Crippen LogP contribution in [-0.2, 0) is 11.3 Å². The summed E-state index contributed by atoms with van der Waals surface area (Å²) in [4.78, 5) is 11.6. The molecule has 5 heteroatoms. The highest BCUT2D eigenvalue weighted by atomic mass is 16.5. The molecule has 0 saturated carbocycles. The number of hydrogen-bond acceptors (Lipinski definition) is 4. The van der Waals surface area contributed by atoms with Crippen molar-refractivity contribution in [2.75, 3.05) is 13.2 Å². The summed E-state index contributed by atoms with van der Waals surface area (Å²) in [5, 5.41) is 5.29. The summed E-state index contributed by atoms with van der Waals surface area (Å²) in [7, 11) is 0. The highest BCUT2D eigenvalue weighted by Crippen LogP contribution is 2.17. The number of ether oxygens (including phenoxy) is 1. The maximum Gasteiger partial charge on any atom is 0.338 e. The molecule has 0 bridgehead atoms. The first-order chi connectivity index (χ1) is 9.26. The van der Waals surface area contributed by atoms with E-state index in [4.69, 9.17) is 10.5 Å². The number of unbranched alkanes of at least 4 members (excludes halogenated alkanes) is 1. The summed E-state index contributed by atoms with van der Waals surface area (Å²) in [6, 6.07) is 5.51. The lowest BCUT2D eigenvalue weighted by molar-refractivity contribution is 0.0526. The van der Waals surface area contributed by atoms with Crippen molar-refractivity contribution in [2.24, 2.45) is 5.73 Å². The summed E-state index contributed by atoms with van der Waals surface area (Å²) >= 11 is 0. The van der Waals surface area contributed by atoms with Crippen LogP contribution < -0.4 is 5.73 Å². The van der Waals surface area contributed by atoms with Gasteiger partial charge in [-0.3, -0.25) is 4.68 Å². The van der Waals surface area contributed by atoms with Crippen molar-refractivity contribution in [3.05, 3.63) is 30.0 Å². The van der Waals surface area contributed by atoms with Gasteiger partial charge in [0.05, 0.1) is 23.9 Å². The number of aromatic nitrogens is 2. The molecule has 102 valence electrons. The van der Waals surface area contributed by atoms with Gasteiger partial charge in [0.2, 0.25) is 0 Å². The van der Waals surface area contributed by atoms with Crippen molar-refractivity contribution in [2.45, 2.75) is 26.3 Å². The van der Waals surface area contributed by atoms with E-state index in [9.17, 15) is 4.79 Å². The molecule has 5 nitrogen and oxygen atoms in total. The predicted molar refractivity (Wildman–Crippen MR) is 74.0 cm³/mol. The molecule has 0 fully saturated rings. The van der Waals surface area contributed by atoms with E-state index in [1.165, 1.54) is 0 Å². The van der Waals surface area contributed by atoms with Gasteiger partial charge in [-0.05, 0) is 44.5 Å². The molecule has 0 aliphatic carbocycles. The van der Waals surface area contributed by atoms with E-state index < -0.39 is 0 Å². The van der Waals surface area contributed by atoms with Crippen molar-refractivity contribution in [1.29, 1.82) is 0 Å². The van der Waals surface area contributed by atoms with Gasteiger partial charge in [-0.25, -0.2) is 4.79 Å². The Morgan fingerprint density at radius 3 is 3.00 bits per heavy atom. The molecule has 0 spiro atoms. The smallest absolute Gasteiger partial charge is 0.338 e. The number of hydrogen-bond donors (Lipinski definition) is 1. The predicted octanol–water partition coefficient (Wildman–Crippen LogP) is 1.95. The molecule has 2 rings (SSSR count). The Balaban J connectivity index is 2.19. The lowest BCUT2D eigenvalue weighted by atomic mass is 10.1. The average Bonchev–Trinajstić information content (AvgIpc) is 2.82. The number of fused-ring (bicyclic) bond motifs is 1. The molecule has 1 aromatic heterocycles. The SMILES string of the molecule is CCOC(=O)c1ccc2c(cnn2CCCCN)c1. The Kier molecular flexibility index (Phi) is 4.52. The zero-order valence-electron chi connectivity index (χ0n) is 11.1. The summed E-state index contributed by atoms with van der Waals surface area (Å²) in [6.07, 6.45) is 3.77. The van der Waals surface area contributed by atoms with E-state index in [0.717, 1.165) is 30.3 Å². The van der Waals surface area contributed by atoms with Crippen LogP contribution in [0.4, 0.5) is 0 Å². The lowest BCUT2D eigenvalue weighted by Gasteiger charge is -2.04. The number of nitrogens with zero attached hydrogens (tertiary/aromatic N) is 2. The van der Waals surface area contributed by atoms with Crippen LogP contribution in [0.2, 0.25) is 0 Å². The van der Waals surface area contributed by atoms with Crippen LogP contribution in [0, 0.1) is 0 Å². The fraction of sp³-hybridized carbons (Fsp3) is 0.429. The summed E-state index contributed by atoms with van der Waals surface area (Å²) in [6.45, 7) is 3.73. The molecule has 19 heavy (non-hydrogen) atoms. The number of esters is 1. The second kappa shape index (κ2) is 6.33. The molecular formula is C14H19N3O2. The highest BCUT2D eigenvalue weighted by Gasteiger charge is 2.09. The Morgan fingerprint density at radius 1 is 1.42 bits per heavy atom. The number of carbonyl (C=O) groups is 1. The fourth-order valence-electron chi connectivity index (χ4n) is 2.01. The monoisotopic (exact) mass is 261 g/mol. The second-order valence-electron chi connectivity index (χ2n) is 4.36. The average molecular weight is 261 g/mol. The number of rotatable bonds is 6. The van der Waals surface area contributed by atoms with Crippen LogP contribution in [0.15, 0.2) is 24.4 Å². The number of nitrogens with two attached hydrogens (primary N) is 1. The molecule has 1 aromatic carbocycles. The normalized spacial score (nSPS) is 10.8. The zero-order valence-corrected chi connectivity index (χ0v) is 11.1. The Hall–Kier alpha value is -1.88. The van der Waals surface area contributed by atoms with E-state index >= 15 is 0 Å². The van der Waals surface area contributed by atoms with Gasteiger partial charge in [0.25, 0.3) is 0 Å². The topological polar surface area (TPSA) is 70.1 Å². The van der Waals surface area contributed by atoms with E-state index in [1.54, 1.807) is 19.2 Å². The van der Waals surface area contributed by atoms with Gasteiger partial charge in [-0.2, -0.15) is 5.10 Å². The van der Waals surface area contributed by atoms with Gasteiger partial charge in [0, 0.05) is 11.9 Å². The van der Waals surface area contributed by atoms with E-state index in [2.05, 4.69) is 5.10 Å². The van der Waals surface area contributed by atoms with Crippen LogP contribution in [0.1, 0.15) is 30.1 Å². The van der Waals surface area contributed by atoms with Gasteiger partial charge in [0.1, 0.15) is 0 Å². The van der Waals surface area contributed by atoms with Crippen molar-refractivity contribution < 1.29 is 9.53 Å².